The van der Waals surface area contributed by atoms with Gasteiger partial charge in [-0.2, -0.15) is 0 Å². The maximum absolute atomic E-state index is 13.2. The Morgan fingerprint density at radius 1 is 1.00 bits per heavy atom. The predicted molar refractivity (Wildman–Crippen MR) is 145 cm³/mol. The van der Waals surface area contributed by atoms with E-state index in [0.29, 0.717) is 17.1 Å². The number of likely N-dealkylation sites (tertiary alicyclic amines) is 1. The molecule has 1 saturated heterocycles. The van der Waals surface area contributed by atoms with Gasteiger partial charge in [0.05, 0.1) is 11.6 Å². The van der Waals surface area contributed by atoms with Gasteiger partial charge in [0, 0.05) is 21.6 Å². The first-order valence-electron chi connectivity index (χ1n) is 12.4. The molecule has 35 heavy (non-hydrogen) atoms. The summed E-state index contributed by atoms with van der Waals surface area (Å²) in [6.45, 7) is 7.77. The lowest BCUT2D eigenvalue weighted by Gasteiger charge is -2.27. The Kier molecular flexibility index (Phi) is 10.4. The van der Waals surface area contributed by atoms with E-state index in [2.05, 4.69) is 34.7 Å². The zero-order chi connectivity index (χ0) is 25.4. The Morgan fingerprint density at radius 3 is 2.23 bits per heavy atom. The minimum absolute atomic E-state index is 0.115. The van der Waals surface area contributed by atoms with E-state index in [9.17, 15) is 14.7 Å². The van der Waals surface area contributed by atoms with Gasteiger partial charge >= 0.3 is 0 Å². The summed E-state index contributed by atoms with van der Waals surface area (Å²) < 4.78 is 0.845. The van der Waals surface area contributed by atoms with Gasteiger partial charge in [0.2, 0.25) is 0 Å². The van der Waals surface area contributed by atoms with E-state index in [1.807, 2.05) is 24.3 Å². The topological polar surface area (TPSA) is 60.9 Å². The summed E-state index contributed by atoms with van der Waals surface area (Å²) in [5.74, 6) is -1.41. The summed E-state index contributed by atoms with van der Waals surface area (Å²) in [6.07, 6.45) is 5.34. The van der Waals surface area contributed by atoms with E-state index in [1.165, 1.54) is 0 Å². The molecule has 1 N–H and O–H groups in total. The second-order valence-electron chi connectivity index (χ2n) is 8.96. The van der Waals surface area contributed by atoms with Gasteiger partial charge in [-0.3, -0.25) is 9.59 Å². The molecule has 188 valence electrons. The minimum Gasteiger partial charge on any atom is -0.507 e. The average molecular weight is 562 g/mol. The van der Waals surface area contributed by atoms with E-state index in [-0.39, 0.29) is 11.3 Å². The number of ketones is 1. The maximum atomic E-state index is 13.2. The Morgan fingerprint density at radius 2 is 1.63 bits per heavy atom. The lowest BCUT2D eigenvalue weighted by Crippen LogP contribution is -2.34. The predicted octanol–water partition coefficient (Wildman–Crippen LogP) is 6.82. The summed E-state index contributed by atoms with van der Waals surface area (Å²) in [6, 6.07) is 13.5. The van der Waals surface area contributed by atoms with Crippen molar-refractivity contribution < 1.29 is 14.7 Å². The summed E-state index contributed by atoms with van der Waals surface area (Å²) >= 11 is 9.50. The van der Waals surface area contributed by atoms with Gasteiger partial charge in [0.15, 0.2) is 0 Å². The van der Waals surface area contributed by atoms with E-state index < -0.39 is 17.7 Å². The van der Waals surface area contributed by atoms with Crippen molar-refractivity contribution in [3.8, 4) is 0 Å². The van der Waals surface area contributed by atoms with Crippen molar-refractivity contribution in [2.24, 2.45) is 0 Å². The molecule has 1 heterocycles. The molecule has 1 unspecified atom stereocenters. The third kappa shape index (κ3) is 6.96. The quantitative estimate of drug-likeness (QED) is 0.176. The molecule has 5 nitrogen and oxygen atoms in total. The lowest BCUT2D eigenvalue weighted by molar-refractivity contribution is -0.140. The van der Waals surface area contributed by atoms with Crippen molar-refractivity contribution in [2.45, 2.75) is 52.0 Å². The third-order valence-corrected chi connectivity index (χ3v) is 7.10. The first-order valence-corrected chi connectivity index (χ1v) is 13.6. The summed E-state index contributed by atoms with van der Waals surface area (Å²) in [5.41, 5.74) is 1.35. The van der Waals surface area contributed by atoms with Crippen molar-refractivity contribution in [2.75, 3.05) is 26.2 Å². The molecule has 0 radical (unpaired) electrons. The molecule has 2 aromatic carbocycles. The molecule has 0 bridgehead atoms. The van der Waals surface area contributed by atoms with Crippen LogP contribution in [-0.4, -0.2) is 52.8 Å². The number of hydrogen-bond acceptors (Lipinski definition) is 4. The van der Waals surface area contributed by atoms with Gasteiger partial charge in [-0.1, -0.05) is 66.4 Å². The normalized spacial score (nSPS) is 17.5. The molecule has 1 amide bonds. The molecular formula is C28H34BrClN2O3. The van der Waals surface area contributed by atoms with Crippen LogP contribution >= 0.6 is 27.5 Å². The molecule has 1 aliphatic rings. The molecule has 0 spiro atoms. The monoisotopic (exact) mass is 560 g/mol. The molecular weight excluding hydrogens is 528 g/mol. The molecule has 7 heteroatoms. The summed E-state index contributed by atoms with van der Waals surface area (Å²) in [5, 5.41) is 11.7. The Bertz CT molecular complexity index is 1050. The largest absolute Gasteiger partial charge is 0.507 e. The molecule has 1 fully saturated rings. The van der Waals surface area contributed by atoms with Crippen LogP contribution in [0.1, 0.15) is 63.1 Å². The highest BCUT2D eigenvalue weighted by molar-refractivity contribution is 9.10. The van der Waals surface area contributed by atoms with Gasteiger partial charge < -0.3 is 14.9 Å². The number of aliphatic hydroxyl groups is 1. The fourth-order valence-electron chi connectivity index (χ4n) is 4.46. The van der Waals surface area contributed by atoms with E-state index in [4.69, 9.17) is 11.6 Å². The van der Waals surface area contributed by atoms with Crippen LogP contribution in [0.5, 0.6) is 0 Å². The van der Waals surface area contributed by atoms with Crippen LogP contribution in [0.4, 0.5) is 0 Å². The van der Waals surface area contributed by atoms with E-state index >= 15 is 0 Å². The number of unbranched alkanes of at least 4 members (excludes halogenated alkanes) is 2. The average Bonchev–Trinajstić information content (AvgIpc) is 3.10. The summed E-state index contributed by atoms with van der Waals surface area (Å²) in [4.78, 5) is 30.4. The molecule has 1 atom stereocenters. The van der Waals surface area contributed by atoms with E-state index in [1.54, 1.807) is 29.2 Å². The first kappa shape index (κ1) is 27.4. The first-order chi connectivity index (χ1) is 16.9. The van der Waals surface area contributed by atoms with Crippen molar-refractivity contribution >= 4 is 45.0 Å². The third-order valence-electron chi connectivity index (χ3n) is 6.35. The van der Waals surface area contributed by atoms with Crippen LogP contribution in [0, 0.1) is 0 Å². The number of benzene rings is 2. The zero-order valence-electron chi connectivity index (χ0n) is 20.5. The zero-order valence-corrected chi connectivity index (χ0v) is 22.8. The minimum atomic E-state index is -0.656. The van der Waals surface area contributed by atoms with Crippen molar-refractivity contribution in [3.63, 3.8) is 0 Å². The molecule has 0 aromatic heterocycles. The van der Waals surface area contributed by atoms with E-state index in [0.717, 1.165) is 61.8 Å². The van der Waals surface area contributed by atoms with Gasteiger partial charge in [-0.25, -0.2) is 0 Å². The molecule has 2 aromatic rings. The van der Waals surface area contributed by atoms with Crippen LogP contribution in [-0.2, 0) is 9.59 Å². The van der Waals surface area contributed by atoms with Gasteiger partial charge in [-0.15, -0.1) is 0 Å². The molecule has 0 saturated carbocycles. The van der Waals surface area contributed by atoms with Crippen molar-refractivity contribution in [1.29, 1.82) is 0 Å². The molecule has 3 rings (SSSR count). The highest BCUT2D eigenvalue weighted by atomic mass is 79.9. The number of hydrogen-bond donors (Lipinski definition) is 1. The van der Waals surface area contributed by atoms with Crippen LogP contribution in [0.25, 0.3) is 5.76 Å². The standard InChI is InChI=1S/C28H34BrClN2O3/c1-3-5-15-31(16-6-4-2)17-8-18-32-25(21-9-7-10-22(29)19-21)24(27(34)28(32)35)26(33)20-11-13-23(30)14-12-20/h7,9-14,19,25,33H,3-6,8,15-18H2,1-2H3. The fourth-order valence-corrected chi connectivity index (χ4v) is 5.00. The number of carbonyl (C=O) groups is 2. The molecule has 0 aliphatic carbocycles. The van der Waals surface area contributed by atoms with Crippen LogP contribution in [0.3, 0.4) is 0 Å². The second kappa shape index (κ2) is 13.2. The van der Waals surface area contributed by atoms with Crippen molar-refractivity contribution in [1.82, 2.24) is 9.80 Å². The highest BCUT2D eigenvalue weighted by Crippen LogP contribution is 2.40. The number of carbonyl (C=O) groups excluding carboxylic acids is 2. The lowest BCUT2D eigenvalue weighted by atomic mass is 9.95. The maximum Gasteiger partial charge on any atom is 0.295 e. The van der Waals surface area contributed by atoms with Crippen LogP contribution in [0.15, 0.2) is 58.6 Å². The van der Waals surface area contributed by atoms with Gasteiger partial charge in [-0.05, 0) is 80.9 Å². The number of amides is 1. The molecule has 1 aliphatic heterocycles. The summed E-state index contributed by atoms with van der Waals surface area (Å²) in [7, 11) is 0. The second-order valence-corrected chi connectivity index (χ2v) is 10.3. The Labute approximate surface area is 221 Å². The SMILES string of the molecule is CCCCN(CCCC)CCCN1C(=O)C(=O)C(=C(O)c2ccc(Cl)cc2)C1c1cccc(Br)c1. The smallest absolute Gasteiger partial charge is 0.295 e. The Balaban J connectivity index is 1.91. The van der Waals surface area contributed by atoms with Crippen molar-refractivity contribution in [3.05, 3.63) is 74.7 Å². The van der Waals surface area contributed by atoms with Gasteiger partial charge in [0.1, 0.15) is 5.76 Å². The number of nitrogens with zero attached hydrogens (tertiary/aromatic N) is 2. The van der Waals surface area contributed by atoms with Crippen LogP contribution < -0.4 is 0 Å². The Hall–Kier alpha value is -2.15. The number of aliphatic hydroxyl groups excluding tert-OH is 1. The number of rotatable bonds is 12. The number of Topliss-reactive ketones (excluding diaryl/α,β-unsaturated/α-hetero) is 1. The fraction of sp³-hybridized carbons (Fsp3) is 0.429. The van der Waals surface area contributed by atoms with Crippen LogP contribution in [0.2, 0.25) is 5.02 Å². The van der Waals surface area contributed by atoms with Gasteiger partial charge in [0.25, 0.3) is 11.7 Å². The highest BCUT2D eigenvalue weighted by Gasteiger charge is 2.45. The number of halogens is 2.